The van der Waals surface area contributed by atoms with E-state index in [0.29, 0.717) is 18.1 Å². The maximum Gasteiger partial charge on any atom is 0.335 e. The van der Waals surface area contributed by atoms with Crippen LogP contribution in [0.4, 0.5) is 0 Å². The van der Waals surface area contributed by atoms with E-state index >= 15 is 0 Å². The van der Waals surface area contributed by atoms with Crippen LogP contribution in [-0.4, -0.2) is 29.8 Å². The van der Waals surface area contributed by atoms with Crippen LogP contribution in [0.5, 0.6) is 0 Å². The number of ketones is 1. The van der Waals surface area contributed by atoms with Crippen LogP contribution in [0.25, 0.3) is 0 Å². The van der Waals surface area contributed by atoms with Crippen molar-refractivity contribution in [3.05, 3.63) is 34.5 Å². The zero-order valence-corrected chi connectivity index (χ0v) is 11.8. The Morgan fingerprint density at radius 2 is 2.45 bits per heavy atom. The zero-order chi connectivity index (χ0) is 14.1. The number of allylic oxidation sites excluding steroid dienone is 4. The molecule has 0 saturated carbocycles. The van der Waals surface area contributed by atoms with Gasteiger partial charge < -0.3 is 10.2 Å². The summed E-state index contributed by atoms with van der Waals surface area (Å²) < 4.78 is 5.20. The molecule has 0 saturated heterocycles. The number of fused-ring (bicyclic) bond motifs is 2. The quantitative estimate of drug-likeness (QED) is 0.617. The normalized spacial score (nSPS) is 24.9. The average molecular weight is 290 g/mol. The van der Waals surface area contributed by atoms with Crippen molar-refractivity contribution < 1.29 is 14.3 Å². The Balaban J connectivity index is 1.84. The van der Waals surface area contributed by atoms with Crippen LogP contribution in [0.3, 0.4) is 0 Å². The number of rotatable bonds is 2. The topological polar surface area (TPSA) is 67.8 Å². The van der Waals surface area contributed by atoms with Crippen molar-refractivity contribution in [3.8, 4) is 0 Å². The van der Waals surface area contributed by atoms with Crippen molar-refractivity contribution in [1.29, 1.82) is 0 Å². The second-order valence-electron chi connectivity index (χ2n) is 4.75. The number of nitrogens with one attached hydrogen (secondary N) is 1. The summed E-state index contributed by atoms with van der Waals surface area (Å²) in [4.78, 5) is 24.4. The SMILES string of the molecule is C/C=C/C(=O)OC1=CC(=O)C2=C(C1)C1=NNCC1CS2. The maximum atomic E-state index is 12.1. The van der Waals surface area contributed by atoms with E-state index in [1.165, 1.54) is 12.2 Å². The van der Waals surface area contributed by atoms with Crippen molar-refractivity contribution in [1.82, 2.24) is 5.43 Å². The van der Waals surface area contributed by atoms with Gasteiger partial charge in [-0.05, 0) is 6.92 Å². The Morgan fingerprint density at radius 1 is 1.60 bits per heavy atom. The van der Waals surface area contributed by atoms with E-state index in [2.05, 4.69) is 10.5 Å². The van der Waals surface area contributed by atoms with Gasteiger partial charge in [-0.2, -0.15) is 5.10 Å². The van der Waals surface area contributed by atoms with Gasteiger partial charge in [0.25, 0.3) is 0 Å². The number of esters is 1. The van der Waals surface area contributed by atoms with Crippen LogP contribution in [-0.2, 0) is 14.3 Å². The average Bonchev–Trinajstić information content (AvgIpc) is 2.87. The van der Waals surface area contributed by atoms with Gasteiger partial charge in [-0.1, -0.05) is 6.08 Å². The third-order valence-electron chi connectivity index (χ3n) is 3.34. The molecule has 0 aromatic carbocycles. The molecule has 1 N–H and O–H groups in total. The van der Waals surface area contributed by atoms with Gasteiger partial charge in [0.1, 0.15) is 5.76 Å². The molecule has 0 bridgehead atoms. The second-order valence-corrected chi connectivity index (χ2v) is 5.78. The van der Waals surface area contributed by atoms with Crippen LogP contribution < -0.4 is 5.43 Å². The fraction of sp³-hybridized carbons (Fsp3) is 0.357. The minimum atomic E-state index is -0.456. The summed E-state index contributed by atoms with van der Waals surface area (Å²) in [6.45, 7) is 2.55. The van der Waals surface area contributed by atoms with Gasteiger partial charge >= 0.3 is 5.97 Å². The van der Waals surface area contributed by atoms with Crippen LogP contribution in [0.15, 0.2) is 39.6 Å². The lowest BCUT2D eigenvalue weighted by atomic mass is 9.91. The molecule has 20 heavy (non-hydrogen) atoms. The highest BCUT2D eigenvalue weighted by atomic mass is 32.2. The summed E-state index contributed by atoms with van der Waals surface area (Å²) in [7, 11) is 0. The predicted molar refractivity (Wildman–Crippen MR) is 77.0 cm³/mol. The van der Waals surface area contributed by atoms with Gasteiger partial charge in [0, 0.05) is 42.4 Å². The summed E-state index contributed by atoms with van der Waals surface area (Å²) >= 11 is 1.57. The van der Waals surface area contributed by atoms with Gasteiger partial charge in [-0.15, -0.1) is 11.8 Å². The van der Waals surface area contributed by atoms with Gasteiger partial charge in [-0.25, -0.2) is 4.79 Å². The molecule has 3 aliphatic rings. The highest BCUT2D eigenvalue weighted by molar-refractivity contribution is 8.04. The van der Waals surface area contributed by atoms with Crippen LogP contribution in [0, 0.1) is 5.92 Å². The van der Waals surface area contributed by atoms with E-state index in [-0.39, 0.29) is 5.78 Å². The number of carbonyl (C=O) groups is 2. The zero-order valence-electron chi connectivity index (χ0n) is 11.0. The summed E-state index contributed by atoms with van der Waals surface area (Å²) in [5.41, 5.74) is 4.83. The van der Waals surface area contributed by atoms with E-state index in [9.17, 15) is 9.59 Å². The summed E-state index contributed by atoms with van der Waals surface area (Å²) in [5.74, 6) is 1.07. The number of carbonyl (C=O) groups excluding carboxylic acids is 2. The fourth-order valence-corrected chi connectivity index (χ4v) is 3.66. The smallest absolute Gasteiger partial charge is 0.335 e. The molecule has 0 amide bonds. The molecule has 2 aliphatic heterocycles. The molecule has 3 rings (SSSR count). The lowest BCUT2D eigenvalue weighted by Crippen LogP contribution is -2.28. The molecule has 0 fully saturated rings. The largest absolute Gasteiger partial charge is 0.427 e. The highest BCUT2D eigenvalue weighted by Crippen LogP contribution is 2.39. The molecule has 2 heterocycles. The molecular weight excluding hydrogens is 276 g/mol. The Kier molecular flexibility index (Phi) is 3.48. The minimum absolute atomic E-state index is 0.0902. The van der Waals surface area contributed by atoms with Crippen molar-refractivity contribution in [3.63, 3.8) is 0 Å². The van der Waals surface area contributed by atoms with Crippen molar-refractivity contribution in [2.24, 2.45) is 11.0 Å². The number of hydrazone groups is 1. The molecule has 1 atom stereocenters. The number of hydrogen-bond acceptors (Lipinski definition) is 6. The van der Waals surface area contributed by atoms with Crippen molar-refractivity contribution in [2.45, 2.75) is 13.3 Å². The first kappa shape index (κ1) is 13.2. The van der Waals surface area contributed by atoms with Gasteiger partial charge in [0.2, 0.25) is 0 Å². The van der Waals surface area contributed by atoms with Crippen LogP contribution in [0.2, 0.25) is 0 Å². The summed E-state index contributed by atoms with van der Waals surface area (Å²) in [6.07, 6.45) is 4.81. The summed E-state index contributed by atoms with van der Waals surface area (Å²) in [6, 6.07) is 0. The molecule has 0 aromatic rings. The van der Waals surface area contributed by atoms with E-state index in [1.54, 1.807) is 24.8 Å². The van der Waals surface area contributed by atoms with Crippen molar-refractivity contribution >= 4 is 29.2 Å². The molecule has 1 aliphatic carbocycles. The molecule has 0 spiro atoms. The van der Waals surface area contributed by atoms with E-state index < -0.39 is 5.97 Å². The van der Waals surface area contributed by atoms with E-state index in [1.807, 2.05) is 0 Å². The lowest BCUT2D eigenvalue weighted by molar-refractivity contribution is -0.133. The Bertz CT molecular complexity index is 602. The Hall–Kier alpha value is -1.82. The molecular formula is C14H14N2O3S. The standard InChI is InChI=1S/C14H14N2O3S/c1-2-3-12(18)19-9-4-10-13-8(6-15-16-13)7-20-14(10)11(17)5-9/h2-3,5,8,15H,4,6-7H2,1H3/b3-2+. The Labute approximate surface area is 120 Å². The van der Waals surface area contributed by atoms with E-state index in [0.717, 1.165) is 28.5 Å². The molecule has 0 aromatic heterocycles. The third kappa shape index (κ3) is 2.31. The maximum absolute atomic E-state index is 12.1. The first-order valence-electron chi connectivity index (χ1n) is 6.45. The predicted octanol–water partition coefficient (Wildman–Crippen LogP) is 1.54. The lowest BCUT2D eigenvalue weighted by Gasteiger charge is -2.26. The number of thioether (sulfide) groups is 1. The third-order valence-corrected chi connectivity index (χ3v) is 4.64. The molecule has 104 valence electrons. The number of ether oxygens (including phenoxy) is 1. The summed E-state index contributed by atoms with van der Waals surface area (Å²) in [5, 5.41) is 4.29. The Morgan fingerprint density at radius 3 is 3.25 bits per heavy atom. The molecule has 1 unspecified atom stereocenters. The fourth-order valence-electron chi connectivity index (χ4n) is 2.46. The minimum Gasteiger partial charge on any atom is -0.427 e. The highest BCUT2D eigenvalue weighted by Gasteiger charge is 2.36. The molecule has 5 nitrogen and oxygen atoms in total. The monoisotopic (exact) mass is 290 g/mol. The van der Waals surface area contributed by atoms with E-state index in [4.69, 9.17) is 4.74 Å². The van der Waals surface area contributed by atoms with Gasteiger partial charge in [0.05, 0.1) is 10.6 Å². The molecule has 0 radical (unpaired) electrons. The molecule has 6 heteroatoms. The number of nitrogens with zero attached hydrogens (tertiary/aromatic N) is 1. The van der Waals surface area contributed by atoms with Crippen molar-refractivity contribution in [2.75, 3.05) is 12.3 Å². The number of hydrogen-bond donors (Lipinski definition) is 1. The first-order valence-corrected chi connectivity index (χ1v) is 7.43. The van der Waals surface area contributed by atoms with Crippen LogP contribution in [0.1, 0.15) is 13.3 Å². The first-order chi connectivity index (χ1) is 9.69. The second kappa shape index (κ2) is 5.28. The van der Waals surface area contributed by atoms with Gasteiger partial charge in [-0.3, -0.25) is 4.79 Å². The van der Waals surface area contributed by atoms with Gasteiger partial charge in [0.15, 0.2) is 5.78 Å². The van der Waals surface area contributed by atoms with Crippen LogP contribution >= 0.6 is 11.8 Å².